The summed E-state index contributed by atoms with van der Waals surface area (Å²) in [6, 6.07) is -5.18. The molecule has 0 aromatic rings. The largest absolute Gasteiger partial charge is 0.479 e. The molecule has 104 heavy (non-hydrogen) atoms. The van der Waals surface area contributed by atoms with E-state index in [0.29, 0.717) is 48.3 Å². The zero-order chi connectivity index (χ0) is 79.6. The molecular weight excluding hydrogens is 1340 g/mol. The highest BCUT2D eigenvalue weighted by molar-refractivity contribution is 5.95. The third kappa shape index (κ3) is 29.2. The number of hydrogen-bond acceptors (Lipinski definition) is 21. The predicted octanol–water partition coefficient (Wildman–Crippen LogP) is 5.88. The van der Waals surface area contributed by atoms with Crippen molar-refractivity contribution < 1.29 is 109 Å². The van der Waals surface area contributed by atoms with Crippen molar-refractivity contribution in [2.24, 2.45) is 64.1 Å². The number of Topliss-reactive ketones (excluding diaryl/α,β-unsaturated/α-hetero) is 1. The number of allylic oxidation sites excluding steroid dienone is 7. The molecule has 0 saturated carbocycles. The van der Waals surface area contributed by atoms with Crippen LogP contribution in [0.4, 0.5) is 0 Å². The van der Waals surface area contributed by atoms with Crippen molar-refractivity contribution in [3.05, 3.63) is 95.7 Å². The second-order valence-corrected chi connectivity index (χ2v) is 31.0. The van der Waals surface area contributed by atoms with E-state index in [2.05, 4.69) is 22.9 Å². The number of aliphatic hydroxyl groups excluding tert-OH is 11. The van der Waals surface area contributed by atoms with Crippen LogP contribution in [0.25, 0.3) is 0 Å². The SMILES string of the molecule is COC(=O)C(C)(C)C(O)C(C)C(=O)C(C)(C)/C=C/C(=O)NC(C(O)C(C)C)C(O)C(C)/C=C(\C)C(O)C(C)CCC(O)C(C)C(=O)NC(C(C)O)C1OC(=O)C(C(O)C(=O)O)NC(=O)C=CC=CCCC=CC=CC[C@@H]2C[C@@H](C)C[C@@H](CC(O)C(C)C(O)C(C)=CC(C)C(O)C(C)=CCC(O)C1C)O2. The van der Waals surface area contributed by atoms with Gasteiger partial charge in [0.2, 0.25) is 17.7 Å². The van der Waals surface area contributed by atoms with E-state index >= 15 is 0 Å². The van der Waals surface area contributed by atoms with Gasteiger partial charge < -0.3 is 91.4 Å². The lowest BCUT2D eigenvalue weighted by Gasteiger charge is -2.37. The Labute approximate surface area is 616 Å². The average Bonchev–Trinajstić information content (AvgIpc) is 0.809. The van der Waals surface area contributed by atoms with Crippen LogP contribution in [0, 0.1) is 64.1 Å². The van der Waals surface area contributed by atoms with Crippen LogP contribution in [0.1, 0.15) is 182 Å². The summed E-state index contributed by atoms with van der Waals surface area (Å²) in [5.74, 6) is -13.6. The van der Waals surface area contributed by atoms with E-state index in [4.69, 9.17) is 14.2 Å². The maximum atomic E-state index is 14.3. The van der Waals surface area contributed by atoms with Gasteiger partial charge in [0.15, 0.2) is 12.1 Å². The number of methoxy groups -OCH3 is 1. The first-order valence-electron chi connectivity index (χ1n) is 36.7. The molecule has 1 saturated heterocycles. The number of nitrogens with one attached hydrogen (secondary N) is 3. The molecule has 2 aliphatic rings. The van der Waals surface area contributed by atoms with E-state index in [1.807, 2.05) is 24.3 Å². The monoisotopic (exact) mass is 1470 g/mol. The number of carboxylic acids is 1. The predicted molar refractivity (Wildman–Crippen MR) is 395 cm³/mol. The number of carbonyl (C=O) groups is 7. The summed E-state index contributed by atoms with van der Waals surface area (Å²) < 4.78 is 17.1. The zero-order valence-electron chi connectivity index (χ0n) is 64.8. The minimum atomic E-state index is -2.59. The van der Waals surface area contributed by atoms with E-state index in [-0.39, 0.29) is 31.5 Å². The fourth-order valence-electron chi connectivity index (χ4n) is 13.3. The molecule has 1 fully saturated rings. The first-order valence-corrected chi connectivity index (χ1v) is 36.7. The van der Waals surface area contributed by atoms with Crippen molar-refractivity contribution in [1.29, 1.82) is 0 Å². The van der Waals surface area contributed by atoms with Crippen LogP contribution < -0.4 is 16.0 Å². The number of hydrogen-bond donors (Lipinski definition) is 15. The molecule has 2 aliphatic heterocycles. The van der Waals surface area contributed by atoms with Gasteiger partial charge >= 0.3 is 17.9 Å². The summed E-state index contributed by atoms with van der Waals surface area (Å²) in [4.78, 5) is 93.7. The van der Waals surface area contributed by atoms with Crippen LogP contribution >= 0.6 is 0 Å². The summed E-state index contributed by atoms with van der Waals surface area (Å²) >= 11 is 0. The lowest BCUT2D eigenvalue weighted by atomic mass is 9.72. The van der Waals surface area contributed by atoms with Crippen LogP contribution in [0.2, 0.25) is 0 Å². The number of esters is 2. The number of carbonyl (C=O) groups excluding carboxylic acids is 6. The summed E-state index contributed by atoms with van der Waals surface area (Å²) in [5, 5.41) is 143. The summed E-state index contributed by atoms with van der Waals surface area (Å²) in [5.41, 5.74) is -1.49. The standard InChI is InChI=1S/C79H129N3O22/c1-42(2)65(89)63(80-61(88)35-36-78(15,16)72(95)53(13)73(96)79(17,18)77(101)102-19)69(93)49(9)40-47(7)67(91)45(5)32-34-58(85)52(12)74(97)82-62(54(14)83)71-51(11)57(84)33-31-44(4)66(90)46(6)39-48(8)68(92)50(10)59(86)41-56-38-43(3)37-55(103-56)29-27-25-23-21-20-22-24-26-28-30-60(87)81-64(76(100)104-71)70(94)75(98)99/h21,23-28,30-31,35-36,39-40,42-43,45-46,49-59,62-71,73,83-86,89-94,96H,20,22,29,32-34,37-38,41H2,1-19H3,(H,80,88)(H,81,87)(H,82,97)(H,98,99)/b23-21?,26-24?,27-25?,30-28?,36-35+,44-31?,47-40+,48-39?/t43-,45?,46?,49?,50?,51?,52?,53?,54?,55-,56+,57?,58?,59?,62?,63?,64?,65?,66?,67?,68?,69?,70?,71?,73?/m1/s1. The van der Waals surface area contributed by atoms with E-state index in [1.165, 1.54) is 80.7 Å². The molecule has 0 spiro atoms. The summed E-state index contributed by atoms with van der Waals surface area (Å²) in [6.07, 6.45) is 6.62. The molecule has 0 aliphatic carbocycles. The molecule has 2 rings (SSSR count). The molecule has 25 nitrogen and oxygen atoms in total. The van der Waals surface area contributed by atoms with Gasteiger partial charge in [-0.3, -0.25) is 24.0 Å². The number of rotatable bonds is 25. The Morgan fingerprint density at radius 2 is 1.31 bits per heavy atom. The average molecular weight is 1470 g/mol. The Hall–Kier alpha value is -6.07. The van der Waals surface area contributed by atoms with Gasteiger partial charge in [0, 0.05) is 41.1 Å². The number of carboxylic acid groups (broad SMARTS) is 1. The molecule has 25 heteroatoms. The van der Waals surface area contributed by atoms with Gasteiger partial charge in [-0.25, -0.2) is 9.59 Å². The first-order chi connectivity index (χ1) is 48.2. The topological polar surface area (TPSA) is 426 Å². The van der Waals surface area contributed by atoms with Crippen LogP contribution in [-0.4, -0.2) is 213 Å². The van der Waals surface area contributed by atoms with Gasteiger partial charge in [-0.1, -0.05) is 136 Å². The maximum absolute atomic E-state index is 14.3. The van der Waals surface area contributed by atoms with Crippen molar-refractivity contribution in [1.82, 2.24) is 16.0 Å². The minimum Gasteiger partial charge on any atom is -0.479 e. The number of ketones is 1. The Morgan fingerprint density at radius 1 is 0.721 bits per heavy atom. The van der Waals surface area contributed by atoms with Crippen molar-refractivity contribution in [3.63, 3.8) is 0 Å². The van der Waals surface area contributed by atoms with Crippen LogP contribution in [0.3, 0.4) is 0 Å². The molecule has 0 aromatic carbocycles. The lowest BCUT2D eigenvalue weighted by molar-refractivity contribution is -0.170. The molecule has 592 valence electrons. The highest BCUT2D eigenvalue weighted by Gasteiger charge is 2.46. The third-order valence-electron chi connectivity index (χ3n) is 20.8. The molecule has 22 unspecified atom stereocenters. The summed E-state index contributed by atoms with van der Waals surface area (Å²) in [6.45, 7) is 28.7. The van der Waals surface area contributed by atoms with Gasteiger partial charge in [-0.05, 0) is 154 Å². The van der Waals surface area contributed by atoms with Gasteiger partial charge in [0.25, 0.3) is 0 Å². The molecule has 0 aromatic heterocycles. The molecule has 2 bridgehead atoms. The number of aliphatic hydroxyl groups is 11. The zero-order valence-corrected chi connectivity index (χ0v) is 64.8. The lowest BCUT2D eigenvalue weighted by Crippen LogP contribution is -2.59. The fourth-order valence-corrected chi connectivity index (χ4v) is 13.3. The molecule has 25 atom stereocenters. The highest BCUT2D eigenvalue weighted by Crippen LogP contribution is 2.35. The fraction of sp³-hybridized carbons (Fsp3) is 0.709. The molecule has 15 N–H and O–H groups in total. The number of cyclic esters (lactones) is 1. The Morgan fingerprint density at radius 3 is 1.88 bits per heavy atom. The van der Waals surface area contributed by atoms with Crippen LogP contribution in [0.15, 0.2) is 95.7 Å². The second-order valence-electron chi connectivity index (χ2n) is 31.0. The van der Waals surface area contributed by atoms with Crippen LogP contribution in [0.5, 0.6) is 0 Å². The van der Waals surface area contributed by atoms with E-state index in [1.54, 1.807) is 86.6 Å². The van der Waals surface area contributed by atoms with Gasteiger partial charge in [-0.15, -0.1) is 0 Å². The quantitative estimate of drug-likeness (QED) is 0.0288. The number of ether oxygens (including phenoxy) is 3. The van der Waals surface area contributed by atoms with Crippen molar-refractivity contribution >= 4 is 41.4 Å². The van der Waals surface area contributed by atoms with Gasteiger partial charge in [-0.2, -0.15) is 0 Å². The maximum Gasteiger partial charge on any atom is 0.335 e. The van der Waals surface area contributed by atoms with E-state index in [0.717, 1.165) is 25.0 Å². The molecule has 3 amide bonds. The van der Waals surface area contributed by atoms with E-state index in [9.17, 15) is 94.8 Å². The van der Waals surface area contributed by atoms with Gasteiger partial charge in [0.1, 0.15) is 11.9 Å². The Bertz CT molecular complexity index is 3000. The highest BCUT2D eigenvalue weighted by atomic mass is 16.6. The first kappa shape index (κ1) is 94.0. The normalized spacial score (nSPS) is 28.6. The summed E-state index contributed by atoms with van der Waals surface area (Å²) in [7, 11) is 1.17. The Balaban J connectivity index is 2.49. The van der Waals surface area contributed by atoms with Crippen LogP contribution in [-0.2, 0) is 47.8 Å². The number of fused-ring (bicyclic) bond motifs is 2. The van der Waals surface area contributed by atoms with Crippen molar-refractivity contribution in [2.75, 3.05) is 7.11 Å². The third-order valence-corrected chi connectivity index (χ3v) is 20.8. The molecular formula is C79H129N3O22. The number of amides is 3. The minimum absolute atomic E-state index is 0.0512. The molecule has 0 radical (unpaired) electrons. The number of aliphatic carboxylic acids is 1. The van der Waals surface area contributed by atoms with Crippen molar-refractivity contribution in [3.8, 4) is 0 Å². The second kappa shape index (κ2) is 44.3. The van der Waals surface area contributed by atoms with Gasteiger partial charge in [0.05, 0.1) is 104 Å². The molecule has 2 heterocycles. The smallest absolute Gasteiger partial charge is 0.335 e. The van der Waals surface area contributed by atoms with Crippen molar-refractivity contribution in [2.45, 2.75) is 286 Å². The van der Waals surface area contributed by atoms with E-state index < -0.39 is 191 Å². The Kier molecular flexibility index (Phi) is 40.0.